The zero-order valence-corrected chi connectivity index (χ0v) is 19.7. The van der Waals surface area contributed by atoms with Gasteiger partial charge in [-0.3, -0.25) is 14.6 Å². The quantitative estimate of drug-likeness (QED) is 0.482. The zero-order chi connectivity index (χ0) is 27.1. The highest BCUT2D eigenvalue weighted by Gasteiger charge is 2.43. The van der Waals surface area contributed by atoms with Gasteiger partial charge in [0.1, 0.15) is 17.6 Å². The van der Waals surface area contributed by atoms with Crippen LogP contribution in [0.1, 0.15) is 65.8 Å². The van der Waals surface area contributed by atoms with E-state index in [1.807, 2.05) is 6.92 Å². The molecular weight excluding hydrogens is 507 g/mol. The lowest BCUT2D eigenvalue weighted by Crippen LogP contribution is -2.47. The molecule has 0 bridgehead atoms. The minimum atomic E-state index is -4.76. The molecule has 200 valence electrons. The second-order valence-corrected chi connectivity index (χ2v) is 9.47. The molecule has 0 radical (unpaired) electrons. The maximum atomic E-state index is 14.7. The van der Waals surface area contributed by atoms with Gasteiger partial charge in [-0.25, -0.2) is 4.39 Å². The first-order valence-corrected chi connectivity index (χ1v) is 11.8. The summed E-state index contributed by atoms with van der Waals surface area (Å²) in [5.74, 6) is -2.78. The van der Waals surface area contributed by atoms with Gasteiger partial charge in [-0.05, 0) is 55.4 Å². The molecule has 2 amide bonds. The molecule has 12 heteroatoms. The predicted molar refractivity (Wildman–Crippen MR) is 117 cm³/mol. The third kappa shape index (κ3) is 5.88. The first kappa shape index (κ1) is 26.9. The number of rotatable bonds is 6. The number of alkyl halides is 6. The maximum Gasteiger partial charge on any atom is 0.433 e. The summed E-state index contributed by atoms with van der Waals surface area (Å²) in [6, 6.07) is 1.97. The maximum absolute atomic E-state index is 14.7. The van der Waals surface area contributed by atoms with Crippen LogP contribution in [-0.2, 0) is 17.1 Å². The predicted octanol–water partition coefficient (Wildman–Crippen LogP) is 5.77. The Morgan fingerprint density at radius 3 is 2.35 bits per heavy atom. The lowest BCUT2D eigenvalue weighted by atomic mass is 9.98. The van der Waals surface area contributed by atoms with Crippen molar-refractivity contribution in [2.45, 2.75) is 57.0 Å². The van der Waals surface area contributed by atoms with Gasteiger partial charge in [-0.2, -0.15) is 26.3 Å². The number of carbonyl (C=O) groups is 2. The number of nitrogens with zero attached hydrogens (tertiary/aromatic N) is 2. The third-order valence-corrected chi connectivity index (χ3v) is 6.88. The molecule has 1 aliphatic carbocycles. The molecule has 37 heavy (non-hydrogen) atoms. The molecule has 1 unspecified atom stereocenters. The minimum Gasteiger partial charge on any atom is -0.347 e. The van der Waals surface area contributed by atoms with Gasteiger partial charge in [0.25, 0.3) is 5.91 Å². The van der Waals surface area contributed by atoms with Crippen LogP contribution in [0.2, 0.25) is 0 Å². The summed E-state index contributed by atoms with van der Waals surface area (Å²) < 4.78 is 92.9. The number of benzene rings is 1. The van der Waals surface area contributed by atoms with Crippen LogP contribution < -0.4 is 5.32 Å². The van der Waals surface area contributed by atoms with Gasteiger partial charge >= 0.3 is 12.4 Å². The fraction of sp³-hybridized carbons (Fsp3) is 0.480. The van der Waals surface area contributed by atoms with Crippen LogP contribution in [-0.4, -0.2) is 34.3 Å². The van der Waals surface area contributed by atoms with Crippen LogP contribution in [0.5, 0.6) is 0 Å². The third-order valence-electron chi connectivity index (χ3n) is 6.88. The summed E-state index contributed by atoms with van der Waals surface area (Å²) >= 11 is 0. The molecule has 4 rings (SSSR count). The van der Waals surface area contributed by atoms with Crippen molar-refractivity contribution in [3.63, 3.8) is 0 Å². The SMILES string of the molecule is CC[C@@H]1C[C@H](C(=O)NC(c2ccc(C(F)(F)F)cc2F)C2CC2)N(C(=O)c2ccnc(C(F)(F)F)c2)C1. The number of pyridine rings is 1. The van der Waals surface area contributed by atoms with E-state index in [2.05, 4.69) is 10.3 Å². The van der Waals surface area contributed by atoms with E-state index in [9.17, 15) is 40.3 Å². The van der Waals surface area contributed by atoms with Gasteiger partial charge in [0.05, 0.1) is 11.6 Å². The largest absolute Gasteiger partial charge is 0.433 e. The monoisotopic (exact) mass is 531 g/mol. The van der Waals surface area contributed by atoms with Crippen molar-refractivity contribution in [2.75, 3.05) is 6.54 Å². The van der Waals surface area contributed by atoms with Gasteiger partial charge in [-0.15, -0.1) is 0 Å². The van der Waals surface area contributed by atoms with Crippen LogP contribution in [0.4, 0.5) is 30.7 Å². The molecular formula is C25H24F7N3O2. The highest BCUT2D eigenvalue weighted by molar-refractivity contribution is 5.98. The van der Waals surface area contributed by atoms with Crippen LogP contribution in [0.3, 0.4) is 0 Å². The van der Waals surface area contributed by atoms with Gasteiger partial charge in [0.2, 0.25) is 5.91 Å². The average Bonchev–Trinajstić information content (AvgIpc) is 3.58. The van der Waals surface area contributed by atoms with Crippen molar-refractivity contribution in [1.29, 1.82) is 0 Å². The van der Waals surface area contributed by atoms with Crippen LogP contribution >= 0.6 is 0 Å². The van der Waals surface area contributed by atoms with Crippen molar-refractivity contribution in [1.82, 2.24) is 15.2 Å². The van der Waals surface area contributed by atoms with E-state index in [-0.39, 0.29) is 35.9 Å². The Morgan fingerprint density at radius 1 is 1.08 bits per heavy atom. The Kier molecular flexibility index (Phi) is 7.22. The zero-order valence-electron chi connectivity index (χ0n) is 19.7. The highest BCUT2D eigenvalue weighted by Crippen LogP contribution is 2.43. The second-order valence-electron chi connectivity index (χ2n) is 9.47. The summed E-state index contributed by atoms with van der Waals surface area (Å²) in [6.45, 7) is 1.99. The van der Waals surface area contributed by atoms with E-state index in [4.69, 9.17) is 0 Å². The van der Waals surface area contributed by atoms with Crippen molar-refractivity contribution >= 4 is 11.8 Å². The number of hydrogen-bond donors (Lipinski definition) is 1. The molecule has 2 aliphatic rings. The summed E-state index contributed by atoms with van der Waals surface area (Å²) in [5, 5.41) is 2.71. The average molecular weight is 531 g/mol. The lowest BCUT2D eigenvalue weighted by molar-refractivity contribution is -0.141. The fourth-order valence-corrected chi connectivity index (χ4v) is 4.66. The number of hydrogen-bond acceptors (Lipinski definition) is 3. The smallest absolute Gasteiger partial charge is 0.347 e. The van der Waals surface area contributed by atoms with Crippen LogP contribution in [0.25, 0.3) is 0 Å². The fourth-order valence-electron chi connectivity index (χ4n) is 4.66. The molecule has 5 nitrogen and oxygen atoms in total. The van der Waals surface area contributed by atoms with Gasteiger partial charge < -0.3 is 10.2 Å². The van der Waals surface area contributed by atoms with E-state index in [1.54, 1.807) is 0 Å². The van der Waals surface area contributed by atoms with Gasteiger partial charge in [0.15, 0.2) is 0 Å². The molecule has 1 N–H and O–H groups in total. The van der Waals surface area contributed by atoms with Crippen molar-refractivity contribution in [3.05, 3.63) is 64.7 Å². The first-order valence-electron chi connectivity index (χ1n) is 11.8. The molecule has 1 aliphatic heterocycles. The normalized spacial score (nSPS) is 21.1. The van der Waals surface area contributed by atoms with Crippen LogP contribution in [0, 0.1) is 17.7 Å². The van der Waals surface area contributed by atoms with E-state index >= 15 is 0 Å². The Labute approximate surface area is 208 Å². The molecule has 2 heterocycles. The van der Waals surface area contributed by atoms with E-state index in [0.29, 0.717) is 31.4 Å². The van der Waals surface area contributed by atoms with Crippen molar-refractivity contribution in [2.24, 2.45) is 11.8 Å². The molecule has 1 saturated carbocycles. The number of halogens is 7. The number of nitrogens with one attached hydrogen (secondary N) is 1. The Bertz CT molecular complexity index is 1180. The molecule has 1 aromatic heterocycles. The number of likely N-dealkylation sites (tertiary alicyclic amines) is 1. The Morgan fingerprint density at radius 2 is 1.78 bits per heavy atom. The topological polar surface area (TPSA) is 62.3 Å². The summed E-state index contributed by atoms with van der Waals surface area (Å²) in [7, 11) is 0. The molecule has 0 spiro atoms. The van der Waals surface area contributed by atoms with E-state index in [1.165, 1.54) is 4.90 Å². The molecule has 2 aromatic rings. The summed E-state index contributed by atoms with van der Waals surface area (Å²) in [6.07, 6.45) is -6.49. The molecule has 3 atom stereocenters. The van der Waals surface area contributed by atoms with E-state index < -0.39 is 53.3 Å². The second kappa shape index (κ2) is 9.94. The molecule has 1 aromatic carbocycles. The van der Waals surface area contributed by atoms with Crippen LogP contribution in [0.15, 0.2) is 36.5 Å². The van der Waals surface area contributed by atoms with Gasteiger partial charge in [0, 0.05) is 23.9 Å². The number of carbonyl (C=O) groups excluding carboxylic acids is 2. The molecule has 2 fully saturated rings. The first-order chi connectivity index (χ1) is 17.3. The van der Waals surface area contributed by atoms with Crippen molar-refractivity contribution < 1.29 is 40.3 Å². The summed E-state index contributed by atoms with van der Waals surface area (Å²) in [4.78, 5) is 31.0. The van der Waals surface area contributed by atoms with E-state index in [0.717, 1.165) is 24.4 Å². The van der Waals surface area contributed by atoms with Gasteiger partial charge in [-0.1, -0.05) is 19.4 Å². The van der Waals surface area contributed by atoms with Crippen molar-refractivity contribution in [3.8, 4) is 0 Å². The molecule has 1 saturated heterocycles. The number of aromatic nitrogens is 1. The Hall–Kier alpha value is -3.18. The minimum absolute atomic E-state index is 0.0873. The highest BCUT2D eigenvalue weighted by atomic mass is 19.4. The Balaban J connectivity index is 1.58. The lowest BCUT2D eigenvalue weighted by Gasteiger charge is -2.27. The number of amides is 2. The summed E-state index contributed by atoms with van der Waals surface area (Å²) in [5.41, 5.74) is -2.75. The standard InChI is InChI=1S/C25H24F7N3O2/c1-2-13-9-19(35(12-13)23(37)15-7-8-33-20(10-15)25(30,31)32)22(36)34-21(14-3-4-14)17-6-5-16(11-18(17)26)24(27,28)29/h5-8,10-11,13-14,19,21H,2-4,9,12H2,1H3,(H,34,36)/t13-,19-,21?/m1/s1.